The van der Waals surface area contributed by atoms with Crippen LogP contribution in [-0.4, -0.2) is 18.8 Å². The van der Waals surface area contributed by atoms with Gasteiger partial charge >= 0.3 is 11.9 Å². The number of methoxy groups -OCH3 is 1. The van der Waals surface area contributed by atoms with Gasteiger partial charge in [-0.15, -0.1) is 11.8 Å². The van der Waals surface area contributed by atoms with E-state index >= 15 is 0 Å². The zero-order valence-electron chi connectivity index (χ0n) is 10.4. The van der Waals surface area contributed by atoms with Crippen molar-refractivity contribution in [1.29, 1.82) is 0 Å². The maximum Gasteiger partial charge on any atom is 0.381 e. The van der Waals surface area contributed by atoms with Gasteiger partial charge < -0.3 is 4.74 Å². The van der Waals surface area contributed by atoms with Crippen molar-refractivity contribution in [3.05, 3.63) is 29.8 Å². The van der Waals surface area contributed by atoms with E-state index in [9.17, 15) is 13.6 Å². The first-order valence-electron chi connectivity index (χ1n) is 5.72. The van der Waals surface area contributed by atoms with Crippen LogP contribution in [0.5, 0.6) is 0 Å². The predicted octanol–water partition coefficient (Wildman–Crippen LogP) is 3.84. The third-order valence-electron chi connectivity index (χ3n) is 2.43. The zero-order chi connectivity index (χ0) is 13.6. The summed E-state index contributed by atoms with van der Waals surface area (Å²) in [6.45, 7) is 2.10. The number of unbranched alkanes of at least 4 members (excludes halogenated alkanes) is 1. The Kier molecular flexibility index (Phi) is 5.59. The van der Waals surface area contributed by atoms with Gasteiger partial charge in [-0.1, -0.05) is 25.5 Å². The number of carbonyl (C=O) groups is 1. The van der Waals surface area contributed by atoms with Crippen LogP contribution in [-0.2, 0) is 15.5 Å². The molecule has 1 aromatic carbocycles. The fourth-order valence-electron chi connectivity index (χ4n) is 1.34. The summed E-state index contributed by atoms with van der Waals surface area (Å²) >= 11 is 1.62. The lowest BCUT2D eigenvalue weighted by molar-refractivity contribution is -0.170. The summed E-state index contributed by atoms with van der Waals surface area (Å²) in [5.41, 5.74) is -0.339. The zero-order valence-corrected chi connectivity index (χ0v) is 11.2. The first kappa shape index (κ1) is 15.0. The molecule has 0 aliphatic carbocycles. The highest BCUT2D eigenvalue weighted by molar-refractivity contribution is 7.99. The van der Waals surface area contributed by atoms with E-state index in [1.165, 1.54) is 12.1 Å². The van der Waals surface area contributed by atoms with E-state index < -0.39 is 11.9 Å². The minimum atomic E-state index is -3.58. The van der Waals surface area contributed by atoms with E-state index in [1.54, 1.807) is 23.9 Å². The average molecular weight is 274 g/mol. The quantitative estimate of drug-likeness (QED) is 0.448. The Balaban J connectivity index is 2.73. The van der Waals surface area contributed by atoms with Crippen molar-refractivity contribution < 1.29 is 18.3 Å². The number of ether oxygens (including phenoxy) is 1. The molecule has 0 atom stereocenters. The molecule has 0 aliphatic rings. The highest BCUT2D eigenvalue weighted by Gasteiger charge is 2.42. The molecule has 0 saturated carbocycles. The fourth-order valence-corrected chi connectivity index (χ4v) is 2.34. The monoisotopic (exact) mass is 274 g/mol. The van der Waals surface area contributed by atoms with Crippen molar-refractivity contribution in [2.75, 3.05) is 12.9 Å². The number of esters is 1. The summed E-state index contributed by atoms with van der Waals surface area (Å²) in [5.74, 6) is -4.15. The minimum Gasteiger partial charge on any atom is -0.464 e. The Morgan fingerprint density at radius 1 is 1.33 bits per heavy atom. The smallest absolute Gasteiger partial charge is 0.381 e. The highest BCUT2D eigenvalue weighted by atomic mass is 32.2. The number of alkyl halides is 2. The summed E-state index contributed by atoms with van der Waals surface area (Å²) in [7, 11) is 0.950. The van der Waals surface area contributed by atoms with Gasteiger partial charge in [-0.2, -0.15) is 8.78 Å². The van der Waals surface area contributed by atoms with E-state index in [2.05, 4.69) is 11.7 Å². The first-order valence-corrected chi connectivity index (χ1v) is 6.70. The number of carbonyl (C=O) groups excluding carboxylic acids is 1. The van der Waals surface area contributed by atoms with Gasteiger partial charge in [0.25, 0.3) is 0 Å². The van der Waals surface area contributed by atoms with Gasteiger partial charge in [0, 0.05) is 10.5 Å². The van der Waals surface area contributed by atoms with Crippen molar-refractivity contribution >= 4 is 17.7 Å². The third kappa shape index (κ3) is 3.70. The lowest BCUT2D eigenvalue weighted by Crippen LogP contribution is -2.27. The van der Waals surface area contributed by atoms with Gasteiger partial charge in [-0.3, -0.25) is 0 Å². The molecule has 0 bridgehead atoms. The summed E-state index contributed by atoms with van der Waals surface area (Å²) in [6, 6.07) is 5.75. The van der Waals surface area contributed by atoms with Crippen LogP contribution in [0.15, 0.2) is 29.2 Å². The molecular formula is C13H16F2O2S. The van der Waals surface area contributed by atoms with Crippen molar-refractivity contribution in [3.8, 4) is 0 Å². The number of hydrogen-bond donors (Lipinski definition) is 0. The van der Waals surface area contributed by atoms with Crippen LogP contribution in [0.2, 0.25) is 0 Å². The summed E-state index contributed by atoms with van der Waals surface area (Å²) in [4.78, 5) is 11.9. The van der Waals surface area contributed by atoms with Crippen molar-refractivity contribution in [1.82, 2.24) is 0 Å². The number of hydrogen-bond acceptors (Lipinski definition) is 3. The molecule has 0 aromatic heterocycles. The predicted molar refractivity (Wildman–Crippen MR) is 68.0 cm³/mol. The van der Waals surface area contributed by atoms with Gasteiger partial charge in [0.15, 0.2) is 0 Å². The number of rotatable bonds is 6. The maximum absolute atomic E-state index is 13.5. The van der Waals surface area contributed by atoms with E-state index in [0.29, 0.717) is 0 Å². The van der Waals surface area contributed by atoms with Crippen LogP contribution in [0.1, 0.15) is 25.3 Å². The highest BCUT2D eigenvalue weighted by Crippen LogP contribution is 2.31. The van der Waals surface area contributed by atoms with Gasteiger partial charge in [0.05, 0.1) is 7.11 Å². The number of halogens is 2. The van der Waals surface area contributed by atoms with Crippen LogP contribution >= 0.6 is 11.8 Å². The van der Waals surface area contributed by atoms with Crippen LogP contribution in [0, 0.1) is 0 Å². The molecule has 0 unspecified atom stereocenters. The van der Waals surface area contributed by atoms with E-state index in [-0.39, 0.29) is 5.56 Å². The van der Waals surface area contributed by atoms with Gasteiger partial charge in [-0.25, -0.2) is 4.79 Å². The second-order valence-electron chi connectivity index (χ2n) is 3.79. The van der Waals surface area contributed by atoms with Crippen LogP contribution in [0.25, 0.3) is 0 Å². The Hall–Kier alpha value is -1.10. The molecule has 0 heterocycles. The molecule has 0 fully saturated rings. The van der Waals surface area contributed by atoms with Crippen LogP contribution in [0.4, 0.5) is 8.78 Å². The van der Waals surface area contributed by atoms with Crippen molar-refractivity contribution in [2.45, 2.75) is 30.6 Å². The summed E-state index contributed by atoms with van der Waals surface area (Å²) < 4.78 is 31.1. The Bertz CT molecular complexity index is 390. The molecule has 0 spiro atoms. The standard InChI is InChI=1S/C13H16F2O2S/c1-3-4-9-18-11-7-5-10(6-8-11)13(14,15)12(16)17-2/h5-8H,3-4,9H2,1-2H3. The summed E-state index contributed by atoms with van der Waals surface area (Å²) in [6.07, 6.45) is 2.19. The average Bonchev–Trinajstić information content (AvgIpc) is 2.38. The molecule has 5 heteroatoms. The molecule has 100 valence electrons. The largest absolute Gasteiger partial charge is 0.464 e. The molecule has 2 nitrogen and oxygen atoms in total. The number of benzene rings is 1. The Morgan fingerprint density at radius 2 is 1.94 bits per heavy atom. The fraction of sp³-hybridized carbons (Fsp3) is 0.462. The normalized spacial score (nSPS) is 11.3. The topological polar surface area (TPSA) is 26.3 Å². The lowest BCUT2D eigenvalue weighted by atomic mass is 10.1. The van der Waals surface area contributed by atoms with Gasteiger partial charge in [-0.05, 0) is 24.3 Å². The number of thioether (sulfide) groups is 1. The molecule has 0 saturated heterocycles. The molecular weight excluding hydrogens is 258 g/mol. The van der Waals surface area contributed by atoms with Crippen LogP contribution < -0.4 is 0 Å². The van der Waals surface area contributed by atoms with Gasteiger partial charge in [0.1, 0.15) is 0 Å². The van der Waals surface area contributed by atoms with E-state index in [0.717, 1.165) is 30.6 Å². The van der Waals surface area contributed by atoms with Gasteiger partial charge in [0.2, 0.25) is 0 Å². The maximum atomic E-state index is 13.5. The molecule has 0 aliphatic heterocycles. The Labute approximate surface area is 110 Å². The Morgan fingerprint density at radius 3 is 2.44 bits per heavy atom. The second-order valence-corrected chi connectivity index (χ2v) is 4.96. The van der Waals surface area contributed by atoms with E-state index in [4.69, 9.17) is 0 Å². The van der Waals surface area contributed by atoms with E-state index in [1.807, 2.05) is 0 Å². The minimum absolute atomic E-state index is 0.339. The molecule has 0 amide bonds. The molecule has 1 rings (SSSR count). The molecule has 0 radical (unpaired) electrons. The lowest BCUT2D eigenvalue weighted by Gasteiger charge is -2.14. The van der Waals surface area contributed by atoms with Crippen molar-refractivity contribution in [3.63, 3.8) is 0 Å². The first-order chi connectivity index (χ1) is 8.52. The molecule has 18 heavy (non-hydrogen) atoms. The van der Waals surface area contributed by atoms with Crippen molar-refractivity contribution in [2.24, 2.45) is 0 Å². The molecule has 0 N–H and O–H groups in total. The SMILES string of the molecule is CCCCSc1ccc(C(F)(F)C(=O)OC)cc1. The van der Waals surface area contributed by atoms with Crippen LogP contribution in [0.3, 0.4) is 0 Å². The second kappa shape index (κ2) is 6.73. The third-order valence-corrected chi connectivity index (χ3v) is 3.52. The molecule has 1 aromatic rings. The summed E-state index contributed by atoms with van der Waals surface area (Å²) in [5, 5.41) is 0.